The minimum atomic E-state index is -0.596. The number of primary amides is 1. The van der Waals surface area contributed by atoms with Gasteiger partial charge in [0.1, 0.15) is 0 Å². The van der Waals surface area contributed by atoms with Gasteiger partial charge in [0.05, 0.1) is 0 Å². The largest absolute Gasteiger partial charge is 0.350 e. The van der Waals surface area contributed by atoms with Crippen LogP contribution < -0.4 is 11.2 Å². The number of hydrogen-bond acceptors (Lipinski definition) is 2. The molecule has 2 amide bonds. The minimum Gasteiger partial charge on any atom is -0.350 e. The molecular formula is C9H17N3O. The maximum atomic E-state index is 10.4. The lowest BCUT2D eigenvalue weighted by atomic mass is 9.84. The first kappa shape index (κ1) is 10.0. The molecule has 0 spiro atoms. The number of urea groups is 1. The highest BCUT2D eigenvalue weighted by atomic mass is 16.2. The zero-order valence-corrected chi connectivity index (χ0v) is 8.26. The predicted octanol–water partition coefficient (Wildman–Crippen LogP) is 1.61. The molecule has 0 aliphatic heterocycles. The van der Waals surface area contributed by atoms with Gasteiger partial charge in [0.15, 0.2) is 0 Å². The maximum Gasteiger partial charge on any atom is 0.332 e. The number of rotatable bonds is 2. The van der Waals surface area contributed by atoms with Gasteiger partial charge in [-0.3, -0.25) is 0 Å². The van der Waals surface area contributed by atoms with E-state index in [1.165, 1.54) is 12.8 Å². The first-order valence-electron chi connectivity index (χ1n) is 4.65. The second-order valence-electron chi connectivity index (χ2n) is 3.94. The Morgan fingerprint density at radius 2 is 2.00 bits per heavy atom. The highest BCUT2D eigenvalue weighted by molar-refractivity contribution is 5.88. The predicted molar refractivity (Wildman–Crippen MR) is 52.4 cm³/mol. The van der Waals surface area contributed by atoms with E-state index in [0.29, 0.717) is 0 Å². The van der Waals surface area contributed by atoms with Crippen molar-refractivity contribution in [3.8, 4) is 0 Å². The van der Waals surface area contributed by atoms with Crippen molar-refractivity contribution in [2.75, 3.05) is 0 Å². The molecule has 0 aromatic carbocycles. The van der Waals surface area contributed by atoms with Crippen LogP contribution in [0.25, 0.3) is 0 Å². The molecule has 0 heterocycles. The Bertz CT molecular complexity index is 229. The number of nitrogens with two attached hydrogens (primary N) is 1. The normalized spacial score (nSPS) is 21.5. The highest BCUT2D eigenvalue weighted by Crippen LogP contribution is 2.38. The number of hydrazone groups is 1. The number of carbonyl (C=O) groups is 1. The van der Waals surface area contributed by atoms with Gasteiger partial charge in [0, 0.05) is 11.1 Å². The molecule has 0 unspecified atom stereocenters. The Hall–Kier alpha value is -1.06. The van der Waals surface area contributed by atoms with Crippen LogP contribution in [0.4, 0.5) is 4.79 Å². The third kappa shape index (κ3) is 2.44. The van der Waals surface area contributed by atoms with Gasteiger partial charge in [0.25, 0.3) is 0 Å². The third-order valence-corrected chi connectivity index (χ3v) is 2.91. The van der Waals surface area contributed by atoms with Crippen molar-refractivity contribution >= 4 is 11.7 Å². The fourth-order valence-electron chi connectivity index (χ4n) is 1.79. The number of nitrogens with one attached hydrogen (secondary N) is 1. The van der Waals surface area contributed by atoms with E-state index in [4.69, 9.17) is 5.73 Å². The average Bonchev–Trinajstić information content (AvgIpc) is 2.49. The lowest BCUT2D eigenvalue weighted by Gasteiger charge is -2.22. The second kappa shape index (κ2) is 3.77. The van der Waals surface area contributed by atoms with Crippen LogP contribution in [-0.2, 0) is 0 Å². The molecule has 0 bridgehead atoms. The smallest absolute Gasteiger partial charge is 0.332 e. The highest BCUT2D eigenvalue weighted by Gasteiger charge is 2.31. The summed E-state index contributed by atoms with van der Waals surface area (Å²) in [6, 6.07) is -0.596. The van der Waals surface area contributed by atoms with E-state index in [2.05, 4.69) is 17.5 Å². The molecule has 1 aliphatic carbocycles. The van der Waals surface area contributed by atoms with Gasteiger partial charge >= 0.3 is 6.03 Å². The maximum absolute atomic E-state index is 10.4. The zero-order valence-electron chi connectivity index (χ0n) is 8.26. The van der Waals surface area contributed by atoms with Gasteiger partial charge in [-0.1, -0.05) is 19.8 Å². The van der Waals surface area contributed by atoms with Gasteiger partial charge in [-0.15, -0.1) is 0 Å². The van der Waals surface area contributed by atoms with E-state index in [9.17, 15) is 4.79 Å². The molecule has 1 saturated carbocycles. The number of carbonyl (C=O) groups excluding carboxylic acids is 1. The Morgan fingerprint density at radius 1 is 1.46 bits per heavy atom. The van der Waals surface area contributed by atoms with E-state index in [0.717, 1.165) is 18.6 Å². The summed E-state index contributed by atoms with van der Waals surface area (Å²) >= 11 is 0. The summed E-state index contributed by atoms with van der Waals surface area (Å²) in [6.07, 6.45) is 4.81. The lowest BCUT2D eigenvalue weighted by molar-refractivity contribution is 0.249. The summed E-state index contributed by atoms with van der Waals surface area (Å²) in [5.74, 6) is 0. The number of amides is 2. The van der Waals surface area contributed by atoms with Crippen molar-refractivity contribution in [3.63, 3.8) is 0 Å². The van der Waals surface area contributed by atoms with Gasteiger partial charge in [-0.05, 0) is 19.8 Å². The van der Waals surface area contributed by atoms with E-state index < -0.39 is 6.03 Å². The third-order valence-electron chi connectivity index (χ3n) is 2.91. The molecule has 0 aromatic heterocycles. The monoisotopic (exact) mass is 183 g/mol. The molecule has 4 heteroatoms. The molecule has 0 radical (unpaired) electrons. The van der Waals surface area contributed by atoms with Crippen molar-refractivity contribution < 1.29 is 4.79 Å². The van der Waals surface area contributed by atoms with Gasteiger partial charge in [0.2, 0.25) is 0 Å². The van der Waals surface area contributed by atoms with Gasteiger partial charge < -0.3 is 5.73 Å². The van der Waals surface area contributed by atoms with E-state index in [-0.39, 0.29) is 5.41 Å². The molecule has 0 aromatic rings. The molecule has 1 aliphatic rings. The summed E-state index contributed by atoms with van der Waals surface area (Å²) in [4.78, 5) is 10.4. The van der Waals surface area contributed by atoms with Crippen LogP contribution in [0.2, 0.25) is 0 Å². The summed E-state index contributed by atoms with van der Waals surface area (Å²) in [5.41, 5.74) is 8.34. The SMILES string of the molecule is C/C(=N\NC(N)=O)C1(C)CCCC1. The first-order valence-corrected chi connectivity index (χ1v) is 4.65. The van der Waals surface area contributed by atoms with Gasteiger partial charge in [-0.25, -0.2) is 10.2 Å². The molecule has 74 valence electrons. The van der Waals surface area contributed by atoms with Crippen molar-refractivity contribution in [2.45, 2.75) is 39.5 Å². The molecule has 1 fully saturated rings. The number of hydrogen-bond donors (Lipinski definition) is 2. The van der Waals surface area contributed by atoms with Crippen LogP contribution >= 0.6 is 0 Å². The zero-order chi connectivity index (χ0) is 9.90. The summed E-state index contributed by atoms with van der Waals surface area (Å²) in [6.45, 7) is 4.13. The summed E-state index contributed by atoms with van der Waals surface area (Å²) in [7, 11) is 0. The molecule has 3 N–H and O–H groups in total. The van der Waals surface area contributed by atoms with E-state index in [1.807, 2.05) is 6.92 Å². The standard InChI is InChI=1S/C9H17N3O/c1-7(11-12-8(10)13)9(2)5-3-4-6-9/h3-6H2,1-2H3,(H3,10,12,13)/b11-7+. The van der Waals surface area contributed by atoms with Crippen molar-refractivity contribution in [1.82, 2.24) is 5.43 Å². The Balaban J connectivity index is 2.59. The Morgan fingerprint density at radius 3 is 2.46 bits per heavy atom. The van der Waals surface area contributed by atoms with Crippen LogP contribution in [0.1, 0.15) is 39.5 Å². The summed E-state index contributed by atoms with van der Waals surface area (Å²) in [5, 5.41) is 3.97. The molecule has 0 atom stereocenters. The lowest BCUT2D eigenvalue weighted by Crippen LogP contribution is -2.29. The molecule has 13 heavy (non-hydrogen) atoms. The molecule has 0 saturated heterocycles. The van der Waals surface area contributed by atoms with E-state index >= 15 is 0 Å². The fraction of sp³-hybridized carbons (Fsp3) is 0.778. The molecule has 4 nitrogen and oxygen atoms in total. The average molecular weight is 183 g/mol. The van der Waals surface area contributed by atoms with Gasteiger partial charge in [-0.2, -0.15) is 5.10 Å². The minimum absolute atomic E-state index is 0.169. The quantitative estimate of drug-likeness (QED) is 0.495. The van der Waals surface area contributed by atoms with Crippen molar-refractivity contribution in [2.24, 2.45) is 16.3 Å². The molecule has 1 rings (SSSR count). The molecular weight excluding hydrogens is 166 g/mol. The van der Waals surface area contributed by atoms with Crippen LogP contribution in [0.15, 0.2) is 5.10 Å². The van der Waals surface area contributed by atoms with Crippen molar-refractivity contribution in [3.05, 3.63) is 0 Å². The fourth-order valence-corrected chi connectivity index (χ4v) is 1.79. The number of nitrogens with zero attached hydrogens (tertiary/aromatic N) is 1. The Labute approximate surface area is 78.6 Å². The van der Waals surface area contributed by atoms with Crippen LogP contribution in [0.3, 0.4) is 0 Å². The van der Waals surface area contributed by atoms with Crippen LogP contribution in [0, 0.1) is 5.41 Å². The second-order valence-corrected chi connectivity index (χ2v) is 3.94. The summed E-state index contributed by atoms with van der Waals surface area (Å²) < 4.78 is 0. The van der Waals surface area contributed by atoms with Crippen LogP contribution in [-0.4, -0.2) is 11.7 Å². The topological polar surface area (TPSA) is 67.5 Å². The first-order chi connectivity index (χ1) is 6.04. The Kier molecular flexibility index (Phi) is 2.90. The van der Waals surface area contributed by atoms with Crippen LogP contribution in [0.5, 0.6) is 0 Å². The van der Waals surface area contributed by atoms with E-state index in [1.54, 1.807) is 0 Å². The van der Waals surface area contributed by atoms with Crippen molar-refractivity contribution in [1.29, 1.82) is 0 Å².